The van der Waals surface area contributed by atoms with Crippen molar-refractivity contribution in [2.45, 2.75) is 31.7 Å². The van der Waals surface area contributed by atoms with E-state index in [9.17, 15) is 9.59 Å². The van der Waals surface area contributed by atoms with Crippen molar-refractivity contribution >= 4 is 17.6 Å². The summed E-state index contributed by atoms with van der Waals surface area (Å²) < 4.78 is 0. The molecular weight excluding hydrogens is 316 g/mol. The molecular formula is C20H20N2O3. The van der Waals surface area contributed by atoms with E-state index in [1.54, 1.807) is 0 Å². The molecule has 0 saturated carbocycles. The monoisotopic (exact) mass is 336 g/mol. The number of carbonyl (C=O) groups excluding carboxylic acids is 1. The van der Waals surface area contributed by atoms with Gasteiger partial charge in [-0.3, -0.25) is 9.59 Å². The zero-order valence-corrected chi connectivity index (χ0v) is 13.8. The van der Waals surface area contributed by atoms with E-state index in [2.05, 4.69) is 5.10 Å². The van der Waals surface area contributed by atoms with E-state index in [-0.39, 0.29) is 24.8 Å². The van der Waals surface area contributed by atoms with Crippen LogP contribution in [0.2, 0.25) is 0 Å². The Morgan fingerprint density at radius 3 is 2.28 bits per heavy atom. The summed E-state index contributed by atoms with van der Waals surface area (Å²) in [5, 5.41) is 14.9. The molecule has 0 fully saturated rings. The van der Waals surface area contributed by atoms with E-state index < -0.39 is 5.97 Å². The highest BCUT2D eigenvalue weighted by Crippen LogP contribution is 2.33. The fourth-order valence-corrected chi connectivity index (χ4v) is 2.99. The molecule has 0 bridgehead atoms. The van der Waals surface area contributed by atoms with Crippen LogP contribution in [-0.2, 0) is 9.59 Å². The third-order valence-electron chi connectivity index (χ3n) is 4.24. The number of carboxylic acids is 1. The fourth-order valence-electron chi connectivity index (χ4n) is 2.99. The Balaban J connectivity index is 1.82. The van der Waals surface area contributed by atoms with Gasteiger partial charge in [-0.05, 0) is 17.5 Å². The third kappa shape index (κ3) is 4.12. The molecule has 0 saturated heterocycles. The van der Waals surface area contributed by atoms with E-state index in [1.807, 2.05) is 60.7 Å². The molecule has 1 amide bonds. The van der Waals surface area contributed by atoms with Crippen LogP contribution in [-0.4, -0.2) is 27.7 Å². The summed E-state index contributed by atoms with van der Waals surface area (Å²) in [7, 11) is 0. The first-order valence-corrected chi connectivity index (χ1v) is 8.37. The summed E-state index contributed by atoms with van der Waals surface area (Å²) in [6, 6.07) is 19.5. The van der Waals surface area contributed by atoms with Crippen LogP contribution in [0, 0.1) is 0 Å². The minimum Gasteiger partial charge on any atom is -0.481 e. The fraction of sp³-hybridized carbons (Fsp3) is 0.250. The second-order valence-electron chi connectivity index (χ2n) is 6.03. The van der Waals surface area contributed by atoms with Gasteiger partial charge in [-0.2, -0.15) is 5.10 Å². The van der Waals surface area contributed by atoms with E-state index in [0.717, 1.165) is 16.8 Å². The second kappa shape index (κ2) is 7.75. The predicted octanol–water partition coefficient (Wildman–Crippen LogP) is 3.62. The van der Waals surface area contributed by atoms with E-state index >= 15 is 0 Å². The van der Waals surface area contributed by atoms with Gasteiger partial charge < -0.3 is 5.11 Å². The van der Waals surface area contributed by atoms with Crippen molar-refractivity contribution in [3.05, 3.63) is 71.8 Å². The highest BCUT2D eigenvalue weighted by molar-refractivity contribution is 6.03. The Morgan fingerprint density at radius 2 is 1.64 bits per heavy atom. The number of amides is 1. The molecule has 3 rings (SSSR count). The number of carboxylic acid groups (broad SMARTS) is 1. The van der Waals surface area contributed by atoms with Crippen LogP contribution in [0.5, 0.6) is 0 Å². The number of hydrogen-bond donors (Lipinski definition) is 1. The Labute approximate surface area is 146 Å². The number of carbonyl (C=O) groups is 2. The minimum absolute atomic E-state index is 0.00909. The molecule has 0 spiro atoms. The smallest absolute Gasteiger partial charge is 0.303 e. The summed E-state index contributed by atoms with van der Waals surface area (Å²) >= 11 is 0. The number of hydrogen-bond acceptors (Lipinski definition) is 3. The van der Waals surface area contributed by atoms with Gasteiger partial charge in [-0.25, -0.2) is 5.01 Å². The molecule has 1 atom stereocenters. The largest absolute Gasteiger partial charge is 0.481 e. The standard InChI is InChI=1S/C20H20N2O3/c23-19(12-7-13-20(24)25)22-18(16-10-5-2-6-11-16)14-17(21-22)15-8-3-1-4-9-15/h1-6,8-11,18H,7,12-14H2,(H,24,25)/t18-/m1/s1. The van der Waals surface area contributed by atoms with Crippen LogP contribution in [0.1, 0.15) is 42.9 Å². The van der Waals surface area contributed by atoms with E-state index in [0.29, 0.717) is 12.8 Å². The Hall–Kier alpha value is -2.95. The van der Waals surface area contributed by atoms with Crippen molar-refractivity contribution in [1.29, 1.82) is 0 Å². The van der Waals surface area contributed by atoms with Gasteiger partial charge in [0, 0.05) is 19.3 Å². The van der Waals surface area contributed by atoms with Crippen LogP contribution >= 0.6 is 0 Å². The molecule has 1 aliphatic rings. The molecule has 0 unspecified atom stereocenters. The highest BCUT2D eigenvalue weighted by atomic mass is 16.4. The van der Waals surface area contributed by atoms with Gasteiger partial charge in [0.05, 0.1) is 11.8 Å². The van der Waals surface area contributed by atoms with Crippen LogP contribution in [0.15, 0.2) is 65.8 Å². The molecule has 128 valence electrons. The van der Waals surface area contributed by atoms with Gasteiger partial charge in [0.15, 0.2) is 0 Å². The summed E-state index contributed by atoms with van der Waals surface area (Å²) in [6.07, 6.45) is 1.15. The van der Waals surface area contributed by atoms with Gasteiger partial charge in [-0.1, -0.05) is 60.7 Å². The lowest BCUT2D eigenvalue weighted by Gasteiger charge is -2.22. The minimum atomic E-state index is -0.887. The first kappa shape index (κ1) is 16.9. The molecule has 25 heavy (non-hydrogen) atoms. The number of hydrazone groups is 1. The summed E-state index contributed by atoms with van der Waals surface area (Å²) in [5.41, 5.74) is 2.91. The van der Waals surface area contributed by atoms with Crippen molar-refractivity contribution in [2.75, 3.05) is 0 Å². The quantitative estimate of drug-likeness (QED) is 0.876. The Morgan fingerprint density at radius 1 is 1.00 bits per heavy atom. The van der Waals surface area contributed by atoms with Crippen LogP contribution < -0.4 is 0 Å². The van der Waals surface area contributed by atoms with Gasteiger partial charge in [0.1, 0.15) is 0 Å². The number of nitrogens with zero attached hydrogens (tertiary/aromatic N) is 2. The molecule has 5 nitrogen and oxygen atoms in total. The molecule has 1 aliphatic heterocycles. The van der Waals surface area contributed by atoms with Crippen LogP contribution in [0.3, 0.4) is 0 Å². The Bertz CT molecular complexity index is 772. The first-order valence-electron chi connectivity index (χ1n) is 8.37. The average Bonchev–Trinajstić information content (AvgIpc) is 3.08. The third-order valence-corrected chi connectivity index (χ3v) is 4.24. The summed E-state index contributed by atoms with van der Waals surface area (Å²) in [5.74, 6) is -1.02. The van der Waals surface area contributed by atoms with Gasteiger partial charge in [0.2, 0.25) is 5.91 Å². The van der Waals surface area contributed by atoms with Gasteiger partial charge in [0.25, 0.3) is 0 Å². The Kier molecular flexibility index (Phi) is 5.23. The van der Waals surface area contributed by atoms with Crippen molar-refractivity contribution in [3.8, 4) is 0 Å². The molecule has 1 heterocycles. The van der Waals surface area contributed by atoms with E-state index in [4.69, 9.17) is 5.11 Å². The first-order chi connectivity index (χ1) is 12.1. The van der Waals surface area contributed by atoms with Crippen molar-refractivity contribution in [3.63, 3.8) is 0 Å². The maximum absolute atomic E-state index is 12.6. The molecule has 2 aromatic rings. The molecule has 5 heteroatoms. The van der Waals surface area contributed by atoms with Crippen LogP contribution in [0.4, 0.5) is 0 Å². The molecule has 2 aromatic carbocycles. The molecule has 0 aromatic heterocycles. The maximum atomic E-state index is 12.6. The van der Waals surface area contributed by atoms with E-state index in [1.165, 1.54) is 5.01 Å². The van der Waals surface area contributed by atoms with Crippen molar-refractivity contribution < 1.29 is 14.7 Å². The second-order valence-corrected chi connectivity index (χ2v) is 6.03. The number of benzene rings is 2. The van der Waals surface area contributed by atoms with Crippen molar-refractivity contribution in [2.24, 2.45) is 5.10 Å². The van der Waals surface area contributed by atoms with Gasteiger partial charge >= 0.3 is 5.97 Å². The topological polar surface area (TPSA) is 70.0 Å². The molecule has 0 radical (unpaired) electrons. The molecule has 0 aliphatic carbocycles. The highest BCUT2D eigenvalue weighted by Gasteiger charge is 2.32. The van der Waals surface area contributed by atoms with Gasteiger partial charge in [-0.15, -0.1) is 0 Å². The SMILES string of the molecule is O=C(O)CCCC(=O)N1N=C(c2ccccc2)C[C@@H]1c1ccccc1. The maximum Gasteiger partial charge on any atom is 0.303 e. The van der Waals surface area contributed by atoms with Crippen LogP contribution in [0.25, 0.3) is 0 Å². The normalized spacial score (nSPS) is 16.6. The lowest BCUT2D eigenvalue weighted by atomic mass is 9.98. The predicted molar refractivity (Wildman–Crippen MR) is 95.1 cm³/mol. The lowest BCUT2D eigenvalue weighted by Crippen LogP contribution is -2.26. The zero-order chi connectivity index (χ0) is 17.6. The van der Waals surface area contributed by atoms with Crippen molar-refractivity contribution in [1.82, 2.24) is 5.01 Å². The number of rotatable bonds is 6. The average molecular weight is 336 g/mol. The zero-order valence-electron chi connectivity index (χ0n) is 13.8. The number of aliphatic carboxylic acids is 1. The molecule has 1 N–H and O–H groups in total. The summed E-state index contributed by atoms with van der Waals surface area (Å²) in [6.45, 7) is 0. The lowest BCUT2D eigenvalue weighted by molar-refractivity contribution is -0.137. The summed E-state index contributed by atoms with van der Waals surface area (Å²) in [4.78, 5) is 23.3.